The molecule has 0 radical (unpaired) electrons. The number of benzene rings is 1. The van der Waals surface area contributed by atoms with Gasteiger partial charge < -0.3 is 6.15 Å². The summed E-state index contributed by atoms with van der Waals surface area (Å²) in [7, 11) is 0. The maximum absolute atomic E-state index is 3.35. The molecule has 58 valence electrons. The second-order valence-electron chi connectivity index (χ2n) is 1.80. The molecule has 1 rings (SSSR count). The van der Waals surface area contributed by atoms with Crippen LogP contribution in [0.2, 0.25) is 0 Å². The largest absolute Gasteiger partial charge is 1.00 e. The molecule has 1 aromatic rings. The van der Waals surface area contributed by atoms with E-state index in [4.69, 9.17) is 0 Å². The normalized spacial score (nSPS) is 6.73. The number of rotatable bonds is 0. The van der Waals surface area contributed by atoms with Crippen LogP contribution >= 0.6 is 15.9 Å². The summed E-state index contributed by atoms with van der Waals surface area (Å²) in [6.45, 7) is 2.08. The summed E-state index contributed by atoms with van der Waals surface area (Å²) in [5.74, 6) is 0. The van der Waals surface area contributed by atoms with Gasteiger partial charge in [0.1, 0.15) is 0 Å². The van der Waals surface area contributed by atoms with Gasteiger partial charge >= 0.3 is 18.9 Å². The van der Waals surface area contributed by atoms with Crippen molar-refractivity contribution in [3.63, 3.8) is 0 Å². The van der Waals surface area contributed by atoms with Crippen LogP contribution in [0.3, 0.4) is 0 Å². The molecule has 0 saturated carbocycles. The Labute approximate surface area is 89.5 Å². The van der Waals surface area contributed by atoms with E-state index in [1.165, 1.54) is 5.56 Å². The maximum atomic E-state index is 3.35. The minimum atomic E-state index is 0. The molecule has 11 heavy (non-hydrogen) atoms. The number of hydrogen-bond donors (Lipinski definition) is 0. The van der Waals surface area contributed by atoms with Crippen molar-refractivity contribution in [2.24, 2.45) is 0 Å². The first-order chi connectivity index (χ1) is 3.79. The molecule has 1 nitrogen and oxygen atoms in total. The maximum Gasteiger partial charge on any atom is 1.00 e. The van der Waals surface area contributed by atoms with Crippen LogP contribution in [0.25, 0.3) is 6.15 Å². The molecule has 0 fully saturated rings. The summed E-state index contributed by atoms with van der Waals surface area (Å²) in [6, 6.07) is 8.22. The Bertz CT molecular complexity index is 153. The van der Waals surface area contributed by atoms with E-state index in [9.17, 15) is 0 Å². The Kier molecular flexibility index (Phi) is 13.2. The van der Waals surface area contributed by atoms with Gasteiger partial charge in [0.2, 0.25) is 0 Å². The average Bonchev–Trinajstić information content (AvgIpc) is 1.77. The first kappa shape index (κ1) is 17.4. The van der Waals surface area contributed by atoms with Crippen molar-refractivity contribution in [1.29, 1.82) is 0 Å². The molecule has 0 aliphatic rings. The first-order valence-electron chi connectivity index (χ1n) is 2.51. The first-order valence-corrected chi connectivity index (χ1v) is 3.30. The van der Waals surface area contributed by atoms with Crippen molar-refractivity contribution >= 4 is 15.9 Å². The number of halogens is 1. The zero-order valence-electron chi connectivity index (χ0n) is 6.26. The van der Waals surface area contributed by atoms with Crippen LogP contribution in [0.1, 0.15) is 13.0 Å². The fraction of sp³-hybridized carbons (Fsp3) is 0.250. The second-order valence-corrected chi connectivity index (χ2v) is 2.71. The SMILES string of the molecule is C.Cc1ccc(Br)cc1.[Li+].[NH2-]. The fourth-order valence-electron chi connectivity index (χ4n) is 0.533. The summed E-state index contributed by atoms with van der Waals surface area (Å²) < 4.78 is 1.14. The van der Waals surface area contributed by atoms with Gasteiger partial charge in [0, 0.05) is 4.47 Å². The van der Waals surface area contributed by atoms with Crippen molar-refractivity contribution in [2.45, 2.75) is 14.4 Å². The number of hydrogen-bond acceptors (Lipinski definition) is 0. The van der Waals surface area contributed by atoms with Crippen LogP contribution in [0.5, 0.6) is 0 Å². The molecule has 0 aliphatic carbocycles. The molecule has 0 spiro atoms. The molecule has 1 aromatic carbocycles. The zero-order chi connectivity index (χ0) is 5.98. The van der Waals surface area contributed by atoms with Crippen LogP contribution in [0.15, 0.2) is 28.7 Å². The van der Waals surface area contributed by atoms with E-state index < -0.39 is 0 Å². The van der Waals surface area contributed by atoms with Gasteiger partial charge in [0.25, 0.3) is 0 Å². The molecular formula is C8H13BrLiN. The van der Waals surface area contributed by atoms with Crippen molar-refractivity contribution in [1.82, 2.24) is 0 Å². The van der Waals surface area contributed by atoms with Crippen molar-refractivity contribution in [3.05, 3.63) is 40.5 Å². The molecule has 0 aromatic heterocycles. The fourth-order valence-corrected chi connectivity index (χ4v) is 0.798. The molecule has 3 heteroatoms. The average molecular weight is 210 g/mol. The van der Waals surface area contributed by atoms with E-state index in [1.54, 1.807) is 0 Å². The van der Waals surface area contributed by atoms with Gasteiger partial charge in [-0.15, -0.1) is 0 Å². The monoisotopic (exact) mass is 209 g/mol. The van der Waals surface area contributed by atoms with Gasteiger partial charge in [-0.25, -0.2) is 0 Å². The summed E-state index contributed by atoms with van der Waals surface area (Å²) in [4.78, 5) is 0. The van der Waals surface area contributed by atoms with E-state index in [0.29, 0.717) is 0 Å². The molecule has 2 N–H and O–H groups in total. The summed E-state index contributed by atoms with van der Waals surface area (Å²) in [5, 5.41) is 0. The van der Waals surface area contributed by atoms with E-state index >= 15 is 0 Å². The zero-order valence-corrected chi connectivity index (χ0v) is 7.85. The molecule has 0 amide bonds. The summed E-state index contributed by atoms with van der Waals surface area (Å²) >= 11 is 3.35. The van der Waals surface area contributed by atoms with Crippen LogP contribution < -0.4 is 18.9 Å². The van der Waals surface area contributed by atoms with Gasteiger partial charge in [0.15, 0.2) is 0 Å². The Hall–Kier alpha value is 0.257. The van der Waals surface area contributed by atoms with E-state index in [2.05, 4.69) is 35.0 Å². The summed E-state index contributed by atoms with van der Waals surface area (Å²) in [5.41, 5.74) is 1.30. The molecule has 0 bridgehead atoms. The van der Waals surface area contributed by atoms with Crippen molar-refractivity contribution in [3.8, 4) is 0 Å². The standard InChI is InChI=1S/C7H7Br.CH4.Li.H2N/c1-6-2-4-7(8)5-3-6;;;/h2-5H,1H3;1H4;;1H2/q;;+1;-1. The van der Waals surface area contributed by atoms with Gasteiger partial charge in [-0.1, -0.05) is 41.1 Å². The van der Waals surface area contributed by atoms with Gasteiger partial charge in [-0.3, -0.25) is 0 Å². The minimum Gasteiger partial charge on any atom is -0.693 e. The van der Waals surface area contributed by atoms with E-state index in [-0.39, 0.29) is 32.4 Å². The Balaban J connectivity index is -0.000000213. The summed E-state index contributed by atoms with van der Waals surface area (Å²) in [6.07, 6.45) is 0. The third-order valence-corrected chi connectivity index (χ3v) is 1.54. The van der Waals surface area contributed by atoms with Crippen LogP contribution in [0, 0.1) is 6.92 Å². The number of aryl methyl sites for hydroxylation is 1. The van der Waals surface area contributed by atoms with Crippen LogP contribution in [0.4, 0.5) is 0 Å². The Morgan fingerprint density at radius 1 is 1.09 bits per heavy atom. The quantitative estimate of drug-likeness (QED) is 0.575. The molecule has 0 atom stereocenters. The third-order valence-electron chi connectivity index (χ3n) is 1.01. The topological polar surface area (TPSA) is 33.5 Å². The molecule has 0 saturated heterocycles. The smallest absolute Gasteiger partial charge is 0.693 e. The molecule has 0 heterocycles. The van der Waals surface area contributed by atoms with Crippen molar-refractivity contribution in [2.75, 3.05) is 0 Å². The predicted molar refractivity (Wildman–Crippen MR) is 50.9 cm³/mol. The minimum absolute atomic E-state index is 0. The molecule has 0 unspecified atom stereocenters. The van der Waals surface area contributed by atoms with Crippen molar-refractivity contribution < 1.29 is 18.9 Å². The third kappa shape index (κ3) is 6.65. The molecule has 0 aliphatic heterocycles. The molecular weight excluding hydrogens is 197 g/mol. The van der Waals surface area contributed by atoms with Gasteiger partial charge in [-0.2, -0.15) is 0 Å². The number of nitrogens with two attached hydrogens (primary N) is 1. The van der Waals surface area contributed by atoms with E-state index in [1.807, 2.05) is 12.1 Å². The van der Waals surface area contributed by atoms with E-state index in [0.717, 1.165) is 4.47 Å². The van der Waals surface area contributed by atoms with Gasteiger partial charge in [0.05, 0.1) is 0 Å². The Morgan fingerprint density at radius 3 is 1.73 bits per heavy atom. The van der Waals surface area contributed by atoms with Crippen LogP contribution in [-0.4, -0.2) is 0 Å². The predicted octanol–water partition coefficient (Wildman–Crippen LogP) is 1.11. The van der Waals surface area contributed by atoms with Crippen LogP contribution in [-0.2, 0) is 0 Å². The Morgan fingerprint density at radius 2 is 1.45 bits per heavy atom. The van der Waals surface area contributed by atoms with Gasteiger partial charge in [-0.05, 0) is 19.1 Å². The second kappa shape index (κ2) is 8.35.